The number of rotatable bonds is 3. The number of benzene rings is 1. The lowest BCUT2D eigenvalue weighted by atomic mass is 10.2. The van der Waals surface area contributed by atoms with Crippen LogP contribution in [0.2, 0.25) is 0 Å². The van der Waals surface area contributed by atoms with E-state index in [1.54, 1.807) is 55.9 Å². The molecule has 0 unspecified atom stereocenters. The van der Waals surface area contributed by atoms with Crippen LogP contribution < -0.4 is 10.5 Å². The number of pyridine rings is 1. The molecule has 1 aromatic carbocycles. The maximum absolute atomic E-state index is 12.4. The van der Waals surface area contributed by atoms with Gasteiger partial charge in [0.25, 0.3) is 5.91 Å². The quantitative estimate of drug-likeness (QED) is 0.788. The van der Waals surface area contributed by atoms with Crippen molar-refractivity contribution in [3.8, 4) is 17.1 Å². The Morgan fingerprint density at radius 2 is 2.00 bits per heavy atom. The zero-order valence-electron chi connectivity index (χ0n) is 11.8. The van der Waals surface area contributed by atoms with Crippen molar-refractivity contribution in [2.75, 3.05) is 12.8 Å². The van der Waals surface area contributed by atoms with Crippen molar-refractivity contribution in [3.05, 3.63) is 54.4 Å². The molecular formula is C15H13N5O2. The van der Waals surface area contributed by atoms with E-state index in [1.165, 1.54) is 0 Å². The Hall–Kier alpha value is -3.22. The van der Waals surface area contributed by atoms with E-state index in [2.05, 4.69) is 15.1 Å². The summed E-state index contributed by atoms with van der Waals surface area (Å²) in [5.41, 5.74) is 6.93. The molecule has 0 saturated heterocycles. The van der Waals surface area contributed by atoms with Gasteiger partial charge in [0.05, 0.1) is 7.11 Å². The molecule has 3 aromatic rings. The lowest BCUT2D eigenvalue weighted by Gasteiger charge is -2.03. The van der Waals surface area contributed by atoms with Crippen molar-refractivity contribution in [1.82, 2.24) is 19.7 Å². The Bertz CT molecular complexity index is 797. The molecule has 0 spiro atoms. The molecule has 0 bridgehead atoms. The minimum absolute atomic E-state index is 0.0275. The minimum atomic E-state index is -0.359. The van der Waals surface area contributed by atoms with Crippen molar-refractivity contribution in [2.45, 2.75) is 0 Å². The van der Waals surface area contributed by atoms with E-state index < -0.39 is 0 Å². The van der Waals surface area contributed by atoms with Gasteiger partial charge in [-0.3, -0.25) is 9.78 Å². The third kappa shape index (κ3) is 2.51. The van der Waals surface area contributed by atoms with Gasteiger partial charge in [0, 0.05) is 23.5 Å². The molecule has 0 aliphatic rings. The first-order valence-electron chi connectivity index (χ1n) is 6.50. The molecule has 0 aliphatic heterocycles. The lowest BCUT2D eigenvalue weighted by Crippen LogP contribution is -2.16. The van der Waals surface area contributed by atoms with Crippen molar-refractivity contribution in [3.63, 3.8) is 0 Å². The Morgan fingerprint density at radius 1 is 1.23 bits per heavy atom. The number of hydrogen-bond donors (Lipinski definition) is 1. The lowest BCUT2D eigenvalue weighted by molar-refractivity contribution is 0.0948. The Balaban J connectivity index is 1.94. The highest BCUT2D eigenvalue weighted by Crippen LogP contribution is 2.17. The van der Waals surface area contributed by atoms with E-state index in [-0.39, 0.29) is 11.9 Å². The van der Waals surface area contributed by atoms with Crippen LogP contribution in [0.3, 0.4) is 0 Å². The van der Waals surface area contributed by atoms with Crippen LogP contribution in [0.4, 0.5) is 5.95 Å². The molecule has 0 saturated carbocycles. The standard InChI is InChI=1S/C15H13N5O2/c1-22-12-6-4-10(5-7-12)14(21)20-15(16)18-13(19-20)11-3-2-8-17-9-11/h2-9H,1H3,(H2,16,18,19). The number of nitrogen functional groups attached to an aromatic ring is 1. The Kier molecular flexibility index (Phi) is 3.53. The van der Waals surface area contributed by atoms with E-state index in [1.807, 2.05) is 0 Å². The van der Waals surface area contributed by atoms with E-state index in [4.69, 9.17) is 10.5 Å². The normalized spacial score (nSPS) is 10.4. The number of nitrogens with two attached hydrogens (primary N) is 1. The van der Waals surface area contributed by atoms with E-state index in [9.17, 15) is 4.79 Å². The summed E-state index contributed by atoms with van der Waals surface area (Å²) < 4.78 is 6.14. The zero-order chi connectivity index (χ0) is 15.5. The topological polar surface area (TPSA) is 95.9 Å². The summed E-state index contributed by atoms with van der Waals surface area (Å²) in [5, 5.41) is 4.16. The molecular weight excluding hydrogens is 282 g/mol. The second-order valence-corrected chi connectivity index (χ2v) is 4.48. The van der Waals surface area contributed by atoms with Crippen LogP contribution in [0.1, 0.15) is 10.4 Å². The molecule has 2 N–H and O–H groups in total. The second kappa shape index (κ2) is 5.65. The number of aromatic nitrogens is 4. The van der Waals surface area contributed by atoms with Crippen molar-refractivity contribution in [1.29, 1.82) is 0 Å². The van der Waals surface area contributed by atoms with E-state index >= 15 is 0 Å². The molecule has 0 atom stereocenters. The van der Waals surface area contributed by atoms with Crippen LogP contribution in [0, 0.1) is 0 Å². The monoisotopic (exact) mass is 295 g/mol. The Labute approximate surface area is 126 Å². The number of carbonyl (C=O) groups is 1. The largest absolute Gasteiger partial charge is 0.497 e. The van der Waals surface area contributed by atoms with Crippen LogP contribution in [0.25, 0.3) is 11.4 Å². The highest BCUT2D eigenvalue weighted by atomic mass is 16.5. The molecule has 2 aromatic heterocycles. The van der Waals surface area contributed by atoms with Gasteiger partial charge in [-0.25, -0.2) is 0 Å². The molecule has 7 nitrogen and oxygen atoms in total. The van der Waals surface area contributed by atoms with Crippen LogP contribution in [0.15, 0.2) is 48.8 Å². The van der Waals surface area contributed by atoms with Gasteiger partial charge in [0.2, 0.25) is 5.95 Å². The highest BCUT2D eigenvalue weighted by Gasteiger charge is 2.16. The summed E-state index contributed by atoms with van der Waals surface area (Å²) in [6.45, 7) is 0. The fourth-order valence-electron chi connectivity index (χ4n) is 1.95. The SMILES string of the molecule is COc1ccc(C(=O)n2nc(-c3cccnc3)nc2N)cc1. The molecule has 0 aliphatic carbocycles. The minimum Gasteiger partial charge on any atom is -0.497 e. The molecule has 0 radical (unpaired) electrons. The van der Waals surface area contributed by atoms with Gasteiger partial charge >= 0.3 is 0 Å². The summed E-state index contributed by atoms with van der Waals surface area (Å²) in [4.78, 5) is 20.5. The molecule has 110 valence electrons. The third-order valence-electron chi connectivity index (χ3n) is 3.08. The first-order valence-corrected chi connectivity index (χ1v) is 6.50. The summed E-state index contributed by atoms with van der Waals surface area (Å²) in [6, 6.07) is 10.2. The molecule has 7 heteroatoms. The van der Waals surface area contributed by atoms with Crippen molar-refractivity contribution >= 4 is 11.9 Å². The predicted molar refractivity (Wildman–Crippen MR) is 80.4 cm³/mol. The molecule has 2 heterocycles. The van der Waals surface area contributed by atoms with Gasteiger partial charge < -0.3 is 10.5 Å². The van der Waals surface area contributed by atoms with Gasteiger partial charge in [0.15, 0.2) is 5.82 Å². The van der Waals surface area contributed by atoms with Gasteiger partial charge in [-0.15, -0.1) is 5.10 Å². The maximum Gasteiger partial charge on any atom is 0.281 e. The molecule has 0 fully saturated rings. The number of ether oxygens (including phenoxy) is 1. The van der Waals surface area contributed by atoms with Gasteiger partial charge in [-0.2, -0.15) is 9.67 Å². The van der Waals surface area contributed by atoms with Crippen molar-refractivity contribution < 1.29 is 9.53 Å². The number of nitrogens with zero attached hydrogens (tertiary/aromatic N) is 4. The highest BCUT2D eigenvalue weighted by molar-refractivity contribution is 5.97. The fraction of sp³-hybridized carbons (Fsp3) is 0.0667. The maximum atomic E-state index is 12.4. The summed E-state index contributed by atoms with van der Waals surface area (Å²) in [5.74, 6) is 0.689. The summed E-state index contributed by atoms with van der Waals surface area (Å²) >= 11 is 0. The van der Waals surface area contributed by atoms with Crippen LogP contribution in [-0.2, 0) is 0 Å². The molecule has 3 rings (SSSR count). The van der Waals surface area contributed by atoms with Gasteiger partial charge in [-0.1, -0.05) is 0 Å². The smallest absolute Gasteiger partial charge is 0.281 e. The second-order valence-electron chi connectivity index (χ2n) is 4.48. The van der Waals surface area contributed by atoms with Gasteiger partial charge in [-0.05, 0) is 36.4 Å². The van der Waals surface area contributed by atoms with Crippen molar-refractivity contribution in [2.24, 2.45) is 0 Å². The first-order chi connectivity index (χ1) is 10.7. The Morgan fingerprint density at radius 3 is 2.64 bits per heavy atom. The molecule has 22 heavy (non-hydrogen) atoms. The van der Waals surface area contributed by atoms with E-state index in [0.717, 1.165) is 4.68 Å². The predicted octanol–water partition coefficient (Wildman–Crippen LogP) is 1.62. The number of carbonyl (C=O) groups excluding carboxylic acids is 1. The number of anilines is 1. The zero-order valence-corrected chi connectivity index (χ0v) is 11.8. The number of hydrogen-bond acceptors (Lipinski definition) is 6. The van der Waals surface area contributed by atoms with Crippen LogP contribution >= 0.6 is 0 Å². The summed E-state index contributed by atoms with van der Waals surface area (Å²) in [6.07, 6.45) is 3.25. The van der Waals surface area contributed by atoms with E-state index in [0.29, 0.717) is 22.7 Å². The average Bonchev–Trinajstić information content (AvgIpc) is 2.97. The first kappa shape index (κ1) is 13.7. The fourth-order valence-corrected chi connectivity index (χ4v) is 1.95. The average molecular weight is 295 g/mol. The van der Waals surface area contributed by atoms with Gasteiger partial charge in [0.1, 0.15) is 5.75 Å². The van der Waals surface area contributed by atoms with Crippen LogP contribution in [0.5, 0.6) is 5.75 Å². The number of methoxy groups -OCH3 is 1. The molecule has 0 amide bonds. The third-order valence-corrected chi connectivity index (χ3v) is 3.08. The van der Waals surface area contributed by atoms with Crippen LogP contribution in [-0.4, -0.2) is 32.8 Å². The summed E-state index contributed by atoms with van der Waals surface area (Å²) in [7, 11) is 1.56.